The van der Waals surface area contributed by atoms with Gasteiger partial charge in [0.2, 0.25) is 0 Å². The molecular weight excluding hydrogens is 614 g/mol. The van der Waals surface area contributed by atoms with Gasteiger partial charge >= 0.3 is 22.3 Å². The number of hydrogen-bond acceptors (Lipinski definition) is 9. The highest BCUT2D eigenvalue weighted by Crippen LogP contribution is 2.72. The van der Waals surface area contributed by atoms with E-state index in [0.717, 1.165) is 17.6 Å². The molecule has 1 saturated heterocycles. The molecule has 4 aliphatic carbocycles. The lowest BCUT2D eigenvalue weighted by molar-refractivity contribution is -0.160. The van der Waals surface area contributed by atoms with E-state index in [1.54, 1.807) is 13.8 Å². The van der Waals surface area contributed by atoms with Crippen LogP contribution >= 0.6 is 0 Å². The summed E-state index contributed by atoms with van der Waals surface area (Å²) in [4.78, 5) is 26.3. The maximum absolute atomic E-state index is 13.2. The van der Waals surface area contributed by atoms with Gasteiger partial charge in [-0.1, -0.05) is 66.2 Å². The minimum atomic E-state index is -4.84. The van der Waals surface area contributed by atoms with Crippen LogP contribution in [0.3, 0.4) is 0 Å². The van der Waals surface area contributed by atoms with Gasteiger partial charge in [-0.3, -0.25) is 14.1 Å². The molecule has 260 valence electrons. The van der Waals surface area contributed by atoms with E-state index in [-0.39, 0.29) is 23.2 Å². The van der Waals surface area contributed by atoms with Gasteiger partial charge in [-0.15, -0.1) is 0 Å². The van der Waals surface area contributed by atoms with Crippen molar-refractivity contribution in [3.8, 4) is 0 Å². The van der Waals surface area contributed by atoms with Gasteiger partial charge < -0.3 is 25.4 Å². The number of aliphatic carboxylic acids is 1. The summed E-state index contributed by atoms with van der Waals surface area (Å²) in [6.07, 6.45) is 5.08. The third kappa shape index (κ3) is 5.68. The molecule has 0 aromatic rings. The Labute approximate surface area is 273 Å². The number of carboxylic acids is 1. The first kappa shape index (κ1) is 35.5. The van der Waals surface area contributed by atoms with Gasteiger partial charge in [0.25, 0.3) is 0 Å². The Morgan fingerprint density at radius 1 is 1.04 bits per heavy atom. The number of esters is 1. The highest BCUT2D eigenvalue weighted by molar-refractivity contribution is 7.80. The van der Waals surface area contributed by atoms with E-state index in [0.29, 0.717) is 50.4 Å². The number of hydrogen-bond donors (Lipinski definition) is 4. The van der Waals surface area contributed by atoms with E-state index in [1.165, 1.54) is 0 Å². The predicted octanol–water partition coefficient (Wildman–Crippen LogP) is 4.44. The van der Waals surface area contributed by atoms with Crippen LogP contribution in [-0.2, 0) is 33.6 Å². The molecule has 5 N–H and O–H groups in total. The van der Waals surface area contributed by atoms with E-state index >= 15 is 0 Å². The van der Waals surface area contributed by atoms with Crippen LogP contribution in [0.25, 0.3) is 0 Å². The van der Waals surface area contributed by atoms with Crippen LogP contribution in [0.1, 0.15) is 93.4 Å². The normalized spacial score (nSPS) is 39.7. The van der Waals surface area contributed by atoms with Crippen LogP contribution in [-0.4, -0.2) is 71.2 Å². The van der Waals surface area contributed by atoms with Crippen LogP contribution in [0.15, 0.2) is 23.3 Å². The Hall–Kier alpha value is -1.83. The van der Waals surface area contributed by atoms with E-state index in [2.05, 4.69) is 51.0 Å². The Bertz CT molecular complexity index is 1390. The summed E-state index contributed by atoms with van der Waals surface area (Å²) in [5, 5.41) is 22.7. The Balaban J connectivity index is 1.38. The van der Waals surface area contributed by atoms with E-state index in [4.69, 9.17) is 15.2 Å². The number of carboxylic acid groups (broad SMARTS) is 1. The van der Waals surface area contributed by atoms with Crippen molar-refractivity contribution in [1.29, 1.82) is 0 Å². The zero-order chi connectivity index (χ0) is 34.1. The lowest BCUT2D eigenvalue weighted by atomic mass is 9.47. The van der Waals surface area contributed by atoms with Crippen LogP contribution in [0.5, 0.6) is 0 Å². The maximum Gasteiger partial charge on any atom is 0.397 e. The summed E-state index contributed by atoms with van der Waals surface area (Å²) >= 11 is 0. The second-order valence-corrected chi connectivity index (χ2v) is 16.7. The third-order valence-corrected chi connectivity index (χ3v) is 13.1. The zero-order valence-electron chi connectivity index (χ0n) is 28.1. The van der Waals surface area contributed by atoms with Crippen LogP contribution in [0, 0.1) is 46.3 Å². The van der Waals surface area contributed by atoms with Gasteiger partial charge in [0.05, 0.1) is 5.41 Å². The molecule has 12 heteroatoms. The van der Waals surface area contributed by atoms with Crippen molar-refractivity contribution in [2.45, 2.75) is 129 Å². The number of carbonyl (C=O) groups is 2. The summed E-state index contributed by atoms with van der Waals surface area (Å²) in [5.41, 5.74) is 5.68. The van der Waals surface area contributed by atoms with E-state index in [1.807, 2.05) is 0 Å². The molecule has 1 spiro atoms. The van der Waals surface area contributed by atoms with Crippen molar-refractivity contribution in [2.75, 3.05) is 0 Å². The molecule has 0 aromatic heterocycles. The first-order valence-corrected chi connectivity index (χ1v) is 18.3. The number of nitrogens with two attached hydrogens (primary N) is 1. The van der Waals surface area contributed by atoms with E-state index < -0.39 is 69.7 Å². The summed E-state index contributed by atoms with van der Waals surface area (Å²) < 4.78 is 48.7. The van der Waals surface area contributed by atoms with Gasteiger partial charge in [-0.2, -0.15) is 8.42 Å². The Kier molecular flexibility index (Phi) is 9.45. The minimum absolute atomic E-state index is 0.0540. The van der Waals surface area contributed by atoms with Gasteiger partial charge in [0.15, 0.2) is 0 Å². The molecule has 0 radical (unpaired) electrons. The number of allylic oxidation sites excluding steroid dienone is 2. The summed E-state index contributed by atoms with van der Waals surface area (Å²) in [5.74, 6) is -1.29. The van der Waals surface area contributed by atoms with Crippen LogP contribution in [0.2, 0.25) is 0 Å². The maximum atomic E-state index is 13.2. The number of aliphatic hydroxyl groups is 1. The molecule has 1 heterocycles. The first-order valence-electron chi connectivity index (χ1n) is 16.9. The number of fused-ring (bicyclic) bond motifs is 3. The number of epoxide rings is 1. The second-order valence-electron chi connectivity index (χ2n) is 15.6. The largest absolute Gasteiger partial charge is 0.481 e. The lowest BCUT2D eigenvalue weighted by Crippen LogP contribution is -2.59. The number of carbonyl (C=O) groups excluding carboxylic acids is 1. The molecular formula is C34H53NO10S. The SMILES string of the molecule is CC(C)[C@@H](C)/C=C/[C@@H](C)[C@H]1CCC2=C3[C@@H](O)[C@@H]4OC45C[C@@H](OC(=O)[C@@H](N)[C@@H](OS(=O)(=O)O)C(C)C)CC[C@]5(C)[C@H]3CC[C@@]21C(=O)O. The molecule has 1 aliphatic heterocycles. The monoisotopic (exact) mass is 667 g/mol. The Morgan fingerprint density at radius 3 is 2.30 bits per heavy atom. The van der Waals surface area contributed by atoms with Crippen LogP contribution in [0.4, 0.5) is 0 Å². The molecule has 0 bridgehead atoms. The summed E-state index contributed by atoms with van der Waals surface area (Å²) in [6, 6.07) is -1.44. The smallest absolute Gasteiger partial charge is 0.397 e. The van der Waals surface area contributed by atoms with Gasteiger partial charge in [0.1, 0.15) is 36.1 Å². The topological polar surface area (TPSA) is 186 Å². The van der Waals surface area contributed by atoms with Crippen molar-refractivity contribution in [1.82, 2.24) is 0 Å². The van der Waals surface area contributed by atoms with Crippen molar-refractivity contribution in [3.05, 3.63) is 23.3 Å². The molecule has 3 saturated carbocycles. The van der Waals surface area contributed by atoms with Gasteiger partial charge in [-0.25, -0.2) is 4.18 Å². The van der Waals surface area contributed by atoms with Crippen molar-refractivity contribution < 1.29 is 46.4 Å². The molecule has 12 atom stereocenters. The minimum Gasteiger partial charge on any atom is -0.481 e. The molecule has 5 rings (SSSR count). The number of rotatable bonds is 11. The zero-order valence-corrected chi connectivity index (χ0v) is 29.0. The molecule has 1 unspecified atom stereocenters. The standard InChI is InChI=1S/C34H53NO10S/c1-17(2)19(5)8-9-20(6)22-10-11-24-25-23(13-15-33(22,24)31(38)39)32(7)14-12-21(16-34(32)29(44-34)27(25)36)43-30(37)26(35)28(18(3)4)45-46(40,41)42/h8-9,17-23,26-29,36H,10-16,35H2,1-7H3,(H,38,39)(H,40,41,42)/b9-8+/t19-,20+,21-,22+,23-,26-,27+,28-,29-,32+,33-,34?/m0/s1. The van der Waals surface area contributed by atoms with Crippen molar-refractivity contribution in [3.63, 3.8) is 0 Å². The fourth-order valence-electron chi connectivity index (χ4n) is 9.65. The third-order valence-electron chi connectivity index (χ3n) is 12.6. The van der Waals surface area contributed by atoms with Crippen LogP contribution < -0.4 is 5.73 Å². The predicted molar refractivity (Wildman–Crippen MR) is 170 cm³/mol. The highest BCUT2D eigenvalue weighted by Gasteiger charge is 2.78. The fraction of sp³-hybridized carbons (Fsp3) is 0.824. The average molecular weight is 668 g/mol. The fourth-order valence-corrected chi connectivity index (χ4v) is 10.3. The number of ether oxygens (including phenoxy) is 2. The summed E-state index contributed by atoms with van der Waals surface area (Å²) in [7, 11) is -4.84. The first-order chi connectivity index (χ1) is 21.3. The molecule has 0 aromatic carbocycles. The Morgan fingerprint density at radius 2 is 1.72 bits per heavy atom. The highest BCUT2D eigenvalue weighted by atomic mass is 32.3. The summed E-state index contributed by atoms with van der Waals surface area (Å²) in [6.45, 7) is 14.1. The average Bonchev–Trinajstić information content (AvgIpc) is 3.56. The quantitative estimate of drug-likeness (QED) is 0.106. The molecule has 4 fully saturated rings. The van der Waals surface area contributed by atoms with E-state index in [9.17, 15) is 32.8 Å². The molecule has 11 nitrogen and oxygen atoms in total. The van der Waals surface area contributed by atoms with Crippen molar-refractivity contribution in [2.24, 2.45) is 52.1 Å². The van der Waals surface area contributed by atoms with Gasteiger partial charge in [-0.05, 0) is 79.6 Å². The lowest BCUT2D eigenvalue weighted by Gasteiger charge is -2.55. The van der Waals surface area contributed by atoms with Gasteiger partial charge in [0, 0.05) is 11.8 Å². The second kappa shape index (κ2) is 12.2. The molecule has 46 heavy (non-hydrogen) atoms. The van der Waals surface area contributed by atoms with Crippen molar-refractivity contribution >= 4 is 22.3 Å². The molecule has 0 amide bonds. The molecule has 5 aliphatic rings. The number of aliphatic hydroxyl groups excluding tert-OH is 1.